The summed E-state index contributed by atoms with van der Waals surface area (Å²) in [6.45, 7) is 4.35. The number of halogens is 4. The van der Waals surface area contributed by atoms with Crippen molar-refractivity contribution in [3.8, 4) is 6.07 Å². The highest BCUT2D eigenvalue weighted by Crippen LogP contribution is 2.34. The number of carbonyl (C=O) groups excluding carboxylic acids is 2. The van der Waals surface area contributed by atoms with Crippen molar-refractivity contribution in [1.82, 2.24) is 24.6 Å². The fourth-order valence-electron chi connectivity index (χ4n) is 5.03. The van der Waals surface area contributed by atoms with E-state index in [9.17, 15) is 28.0 Å². The van der Waals surface area contributed by atoms with Crippen molar-refractivity contribution in [2.45, 2.75) is 51.6 Å². The van der Waals surface area contributed by atoms with Gasteiger partial charge in [-0.25, -0.2) is 0 Å². The van der Waals surface area contributed by atoms with Crippen molar-refractivity contribution in [3.05, 3.63) is 80.9 Å². The molecule has 8 nitrogen and oxygen atoms in total. The van der Waals surface area contributed by atoms with E-state index in [0.717, 1.165) is 18.0 Å². The van der Waals surface area contributed by atoms with Gasteiger partial charge in [0.1, 0.15) is 17.5 Å². The largest absolute Gasteiger partial charge is 0.433 e. The van der Waals surface area contributed by atoms with Crippen molar-refractivity contribution in [3.63, 3.8) is 0 Å². The Balaban J connectivity index is 1.44. The van der Waals surface area contributed by atoms with Crippen LogP contribution in [0, 0.1) is 11.3 Å². The third-order valence-electron chi connectivity index (χ3n) is 7.12. The van der Waals surface area contributed by atoms with Crippen LogP contribution in [0.5, 0.6) is 0 Å². The van der Waals surface area contributed by atoms with E-state index < -0.39 is 17.9 Å². The molecule has 2 aliphatic rings. The zero-order valence-electron chi connectivity index (χ0n) is 20.5. The first-order valence-corrected chi connectivity index (χ1v) is 12.3. The maximum Gasteiger partial charge on any atom is 0.433 e. The van der Waals surface area contributed by atoms with Crippen LogP contribution in [0.3, 0.4) is 0 Å². The SMILES string of the molecule is C[C@@H]1Cc2nn3c(c2CN1C(=O)c1ccc(Cl)c(C#N)c1)C(=O)N([C@@H](C)c1ccnc(C(F)(F)F)c1)CC3. The first-order chi connectivity index (χ1) is 18.0. The highest BCUT2D eigenvalue weighted by molar-refractivity contribution is 6.31. The molecule has 0 fully saturated rings. The number of alkyl halides is 3. The number of hydrogen-bond acceptors (Lipinski definition) is 5. The molecule has 3 aromatic rings. The van der Waals surface area contributed by atoms with Gasteiger partial charge in [-0.3, -0.25) is 19.3 Å². The number of pyridine rings is 1. The number of nitriles is 1. The van der Waals surface area contributed by atoms with Crippen LogP contribution < -0.4 is 0 Å². The summed E-state index contributed by atoms with van der Waals surface area (Å²) in [4.78, 5) is 33.6. The third-order valence-corrected chi connectivity index (χ3v) is 7.45. The average molecular weight is 543 g/mol. The molecule has 2 aromatic heterocycles. The molecule has 196 valence electrons. The minimum Gasteiger partial charge on any atom is -0.331 e. The number of benzene rings is 1. The Morgan fingerprint density at radius 1 is 1.24 bits per heavy atom. The zero-order valence-corrected chi connectivity index (χ0v) is 21.2. The highest BCUT2D eigenvalue weighted by Gasteiger charge is 2.39. The lowest BCUT2D eigenvalue weighted by atomic mass is 9.97. The highest BCUT2D eigenvalue weighted by atomic mass is 35.5. The van der Waals surface area contributed by atoms with Crippen LogP contribution in [0.4, 0.5) is 13.2 Å². The molecular weight excluding hydrogens is 521 g/mol. The van der Waals surface area contributed by atoms with Gasteiger partial charge < -0.3 is 9.80 Å². The second kappa shape index (κ2) is 9.44. The van der Waals surface area contributed by atoms with E-state index in [1.54, 1.807) is 22.6 Å². The van der Waals surface area contributed by atoms with E-state index in [2.05, 4.69) is 10.1 Å². The molecule has 0 aliphatic carbocycles. The predicted molar refractivity (Wildman–Crippen MR) is 130 cm³/mol. The summed E-state index contributed by atoms with van der Waals surface area (Å²) in [5.41, 5.74) is 1.48. The van der Waals surface area contributed by atoms with Gasteiger partial charge in [-0.1, -0.05) is 11.6 Å². The van der Waals surface area contributed by atoms with Crippen molar-refractivity contribution >= 4 is 23.4 Å². The molecule has 0 saturated heterocycles. The van der Waals surface area contributed by atoms with Gasteiger partial charge in [0, 0.05) is 36.3 Å². The summed E-state index contributed by atoms with van der Waals surface area (Å²) in [5, 5.41) is 14.2. The van der Waals surface area contributed by atoms with E-state index >= 15 is 0 Å². The van der Waals surface area contributed by atoms with Gasteiger partial charge >= 0.3 is 6.18 Å². The van der Waals surface area contributed by atoms with Crippen molar-refractivity contribution in [2.75, 3.05) is 6.54 Å². The smallest absolute Gasteiger partial charge is 0.331 e. The number of aromatic nitrogens is 3. The molecule has 0 radical (unpaired) electrons. The molecular formula is C26H22ClF3N6O2. The van der Waals surface area contributed by atoms with Gasteiger partial charge in [-0.15, -0.1) is 0 Å². The number of hydrogen-bond donors (Lipinski definition) is 0. The number of amides is 2. The number of nitrogens with zero attached hydrogens (tertiary/aromatic N) is 6. The van der Waals surface area contributed by atoms with Crippen LogP contribution in [0.25, 0.3) is 0 Å². The molecule has 38 heavy (non-hydrogen) atoms. The summed E-state index contributed by atoms with van der Waals surface area (Å²) in [6, 6.07) is 8.06. The van der Waals surface area contributed by atoms with Crippen molar-refractivity contribution < 1.29 is 22.8 Å². The van der Waals surface area contributed by atoms with Crippen LogP contribution in [0.2, 0.25) is 5.02 Å². The Kier molecular flexibility index (Phi) is 6.39. The van der Waals surface area contributed by atoms with Gasteiger partial charge in [-0.2, -0.15) is 23.5 Å². The molecule has 2 aliphatic heterocycles. The topological polar surface area (TPSA) is 95.1 Å². The maximum atomic E-state index is 13.7. The van der Waals surface area contributed by atoms with Gasteiger partial charge in [0.25, 0.3) is 11.8 Å². The molecule has 0 N–H and O–H groups in total. The van der Waals surface area contributed by atoms with Crippen LogP contribution in [0.15, 0.2) is 36.5 Å². The standard InChI is InChI=1S/C26H22ClF3N6O2/c1-14-9-21-19(13-35(14)24(37)17-3-4-20(27)18(10-17)12-31)23-25(38)34(7-8-36(23)33-21)15(2)16-5-6-32-22(11-16)26(28,29)30/h3-6,10-11,14-15H,7-9,13H2,1-2H3/t14-,15+/m1/s1. The molecule has 2 atom stereocenters. The molecule has 0 unspecified atom stereocenters. The minimum atomic E-state index is -4.59. The fourth-order valence-corrected chi connectivity index (χ4v) is 5.19. The zero-order chi connectivity index (χ0) is 27.4. The predicted octanol–water partition coefficient (Wildman–Crippen LogP) is 4.63. The average Bonchev–Trinajstić information content (AvgIpc) is 3.25. The summed E-state index contributed by atoms with van der Waals surface area (Å²) in [6.07, 6.45) is -3.07. The van der Waals surface area contributed by atoms with Gasteiger partial charge in [0.15, 0.2) is 0 Å². The summed E-state index contributed by atoms with van der Waals surface area (Å²) in [5.74, 6) is -0.663. The Bertz CT molecular complexity index is 1500. The minimum absolute atomic E-state index is 0.136. The molecule has 1 aromatic carbocycles. The normalized spacial score (nSPS) is 18.0. The Morgan fingerprint density at radius 3 is 2.71 bits per heavy atom. The third kappa shape index (κ3) is 4.39. The summed E-state index contributed by atoms with van der Waals surface area (Å²) < 4.78 is 41.2. The van der Waals surface area contributed by atoms with E-state index in [0.29, 0.717) is 35.3 Å². The van der Waals surface area contributed by atoms with E-state index in [-0.39, 0.29) is 41.5 Å². The molecule has 12 heteroatoms. The quantitative estimate of drug-likeness (QED) is 0.481. The van der Waals surface area contributed by atoms with Gasteiger partial charge in [0.2, 0.25) is 0 Å². The second-order valence-corrected chi connectivity index (χ2v) is 9.84. The van der Waals surface area contributed by atoms with Gasteiger partial charge in [0.05, 0.1) is 35.4 Å². The van der Waals surface area contributed by atoms with Crippen molar-refractivity contribution in [1.29, 1.82) is 5.26 Å². The van der Waals surface area contributed by atoms with Crippen LogP contribution in [-0.2, 0) is 25.7 Å². The summed E-state index contributed by atoms with van der Waals surface area (Å²) in [7, 11) is 0. The van der Waals surface area contributed by atoms with E-state index in [1.807, 2.05) is 13.0 Å². The number of rotatable bonds is 3. The second-order valence-electron chi connectivity index (χ2n) is 9.44. The number of fused-ring (bicyclic) bond motifs is 3. The Morgan fingerprint density at radius 2 is 2.00 bits per heavy atom. The molecule has 2 amide bonds. The van der Waals surface area contributed by atoms with Crippen LogP contribution in [-0.4, -0.2) is 49.0 Å². The Hall–Kier alpha value is -3.91. The van der Waals surface area contributed by atoms with Crippen LogP contribution in [0.1, 0.15) is 68.8 Å². The first kappa shape index (κ1) is 25.7. The van der Waals surface area contributed by atoms with Crippen LogP contribution >= 0.6 is 11.6 Å². The maximum absolute atomic E-state index is 13.7. The monoisotopic (exact) mass is 542 g/mol. The Labute approximate surface area is 221 Å². The van der Waals surface area contributed by atoms with Gasteiger partial charge in [-0.05, 0) is 49.7 Å². The number of carbonyl (C=O) groups is 2. The molecule has 5 rings (SSSR count). The molecule has 0 spiro atoms. The first-order valence-electron chi connectivity index (χ1n) is 11.9. The van der Waals surface area contributed by atoms with Crippen molar-refractivity contribution in [2.24, 2.45) is 0 Å². The van der Waals surface area contributed by atoms with E-state index in [1.165, 1.54) is 23.1 Å². The van der Waals surface area contributed by atoms with E-state index in [4.69, 9.17) is 11.6 Å². The lowest BCUT2D eigenvalue weighted by Gasteiger charge is -2.35. The molecule has 0 saturated carbocycles. The summed E-state index contributed by atoms with van der Waals surface area (Å²) >= 11 is 6.02. The molecule has 0 bridgehead atoms. The fraction of sp³-hybridized carbons (Fsp3) is 0.346. The molecule has 4 heterocycles. The lowest BCUT2D eigenvalue weighted by Crippen LogP contribution is -2.44. The lowest BCUT2D eigenvalue weighted by molar-refractivity contribution is -0.141.